The molecule has 0 bridgehead atoms. The zero-order chi connectivity index (χ0) is 20.5. The van der Waals surface area contributed by atoms with Gasteiger partial charge in [0.25, 0.3) is 0 Å². The van der Waals surface area contributed by atoms with E-state index in [1.807, 2.05) is 31.0 Å². The van der Waals surface area contributed by atoms with Crippen LogP contribution in [0.2, 0.25) is 0 Å². The summed E-state index contributed by atoms with van der Waals surface area (Å²) in [4.78, 5) is 6.95. The van der Waals surface area contributed by atoms with Crippen molar-refractivity contribution in [2.24, 2.45) is 12.0 Å². The van der Waals surface area contributed by atoms with Gasteiger partial charge in [0.15, 0.2) is 5.96 Å². The summed E-state index contributed by atoms with van der Waals surface area (Å²) in [7, 11) is 5.50. The molecule has 0 saturated carbocycles. The van der Waals surface area contributed by atoms with Gasteiger partial charge in [0.1, 0.15) is 5.75 Å². The van der Waals surface area contributed by atoms with Crippen molar-refractivity contribution in [2.45, 2.75) is 31.7 Å². The summed E-state index contributed by atoms with van der Waals surface area (Å²) in [6.45, 7) is 3.97. The fourth-order valence-electron chi connectivity index (χ4n) is 3.87. The van der Waals surface area contributed by atoms with Crippen molar-refractivity contribution >= 4 is 29.9 Å². The minimum atomic E-state index is 0. The Hall–Kier alpha value is -1.81. The van der Waals surface area contributed by atoms with E-state index in [0.29, 0.717) is 6.04 Å². The quantitative estimate of drug-likeness (QED) is 0.228. The number of methoxy groups -OCH3 is 1. The number of hydrogen-bond donors (Lipinski definition) is 2. The Morgan fingerprint density at radius 1 is 1.27 bits per heavy atom. The van der Waals surface area contributed by atoms with E-state index in [9.17, 15) is 0 Å². The number of aromatic nitrogens is 2. The molecule has 8 heteroatoms. The second-order valence-electron chi connectivity index (χ2n) is 7.54. The van der Waals surface area contributed by atoms with E-state index in [1.54, 1.807) is 7.11 Å². The lowest BCUT2D eigenvalue weighted by Gasteiger charge is -2.29. The Balaban J connectivity index is 0.00000320. The Kier molecular flexibility index (Phi) is 10.4. The molecule has 0 spiro atoms. The molecule has 1 atom stereocenters. The van der Waals surface area contributed by atoms with E-state index in [1.165, 1.54) is 24.0 Å². The van der Waals surface area contributed by atoms with E-state index in [2.05, 4.69) is 50.0 Å². The first kappa shape index (κ1) is 24.5. The lowest BCUT2D eigenvalue weighted by molar-refractivity contribution is 0.245. The Bertz CT molecular complexity index is 787. The minimum absolute atomic E-state index is 0. The number of likely N-dealkylation sites (tertiary alicyclic amines) is 1. The van der Waals surface area contributed by atoms with Gasteiger partial charge in [0, 0.05) is 33.4 Å². The fourth-order valence-corrected chi connectivity index (χ4v) is 3.87. The summed E-state index contributed by atoms with van der Waals surface area (Å²) < 4.78 is 7.28. The third-order valence-electron chi connectivity index (χ3n) is 5.44. The van der Waals surface area contributed by atoms with Gasteiger partial charge < -0.3 is 15.4 Å². The van der Waals surface area contributed by atoms with Crippen LogP contribution in [0.25, 0.3) is 0 Å². The predicted octanol–water partition coefficient (Wildman–Crippen LogP) is 2.98. The Morgan fingerprint density at radius 2 is 2.07 bits per heavy atom. The Labute approximate surface area is 197 Å². The standard InChI is InChI=1S/C22H34N6O.HI/c1-23-22(24-11-7-8-18-15-26-27(2)17-18)25-16-21(28-12-4-5-13-28)19-9-6-10-20(14-19)29-3;/h6,9-10,14-15,17,21H,4-5,7-8,11-13,16H2,1-3H3,(H2,23,24,25);1H. The van der Waals surface area contributed by atoms with Crippen molar-refractivity contribution in [1.29, 1.82) is 0 Å². The molecule has 0 amide bonds. The van der Waals surface area contributed by atoms with Gasteiger partial charge >= 0.3 is 0 Å². The maximum absolute atomic E-state index is 5.44. The van der Waals surface area contributed by atoms with Crippen LogP contribution >= 0.6 is 24.0 Å². The summed E-state index contributed by atoms with van der Waals surface area (Å²) in [6, 6.07) is 8.72. The predicted molar refractivity (Wildman–Crippen MR) is 133 cm³/mol. The molecule has 1 aromatic carbocycles. The third kappa shape index (κ3) is 7.16. The van der Waals surface area contributed by atoms with Crippen LogP contribution in [-0.2, 0) is 13.5 Å². The highest BCUT2D eigenvalue weighted by molar-refractivity contribution is 14.0. The van der Waals surface area contributed by atoms with Crippen molar-refractivity contribution in [3.05, 3.63) is 47.8 Å². The molecule has 2 N–H and O–H groups in total. The summed E-state index contributed by atoms with van der Waals surface area (Å²) in [6.07, 6.45) is 8.59. The average Bonchev–Trinajstić information content (AvgIpc) is 3.42. The zero-order valence-electron chi connectivity index (χ0n) is 18.3. The molecule has 1 aliphatic heterocycles. The number of nitrogens with zero attached hydrogens (tertiary/aromatic N) is 4. The van der Waals surface area contributed by atoms with Crippen molar-refractivity contribution in [1.82, 2.24) is 25.3 Å². The molecule has 7 nitrogen and oxygen atoms in total. The van der Waals surface area contributed by atoms with E-state index < -0.39 is 0 Å². The SMILES string of the molecule is CN=C(NCCCc1cnn(C)c1)NCC(c1cccc(OC)c1)N1CCCC1.I. The second-order valence-corrected chi connectivity index (χ2v) is 7.54. The van der Waals surface area contributed by atoms with Gasteiger partial charge in [-0.1, -0.05) is 12.1 Å². The van der Waals surface area contributed by atoms with Crippen LogP contribution in [0.4, 0.5) is 0 Å². The largest absolute Gasteiger partial charge is 0.497 e. The molecule has 1 fully saturated rings. The molecule has 2 aromatic rings. The molecule has 1 aliphatic rings. The van der Waals surface area contributed by atoms with Crippen LogP contribution in [0.15, 0.2) is 41.7 Å². The topological polar surface area (TPSA) is 66.7 Å². The van der Waals surface area contributed by atoms with Crippen LogP contribution in [0.1, 0.15) is 36.4 Å². The maximum atomic E-state index is 5.44. The number of guanidine groups is 1. The molecule has 30 heavy (non-hydrogen) atoms. The molecule has 2 heterocycles. The monoisotopic (exact) mass is 526 g/mol. The summed E-state index contributed by atoms with van der Waals surface area (Å²) in [5.74, 6) is 1.76. The molecular weight excluding hydrogens is 491 g/mol. The number of halogens is 1. The van der Waals surface area contributed by atoms with Crippen molar-refractivity contribution in [3.8, 4) is 5.75 Å². The molecule has 166 valence electrons. The first-order valence-corrected chi connectivity index (χ1v) is 10.5. The van der Waals surface area contributed by atoms with Gasteiger partial charge in [-0.05, 0) is 62.0 Å². The lowest BCUT2D eigenvalue weighted by Crippen LogP contribution is -2.43. The van der Waals surface area contributed by atoms with Gasteiger partial charge in [0.2, 0.25) is 0 Å². The van der Waals surface area contributed by atoms with Gasteiger partial charge in [-0.15, -0.1) is 24.0 Å². The van der Waals surface area contributed by atoms with Crippen molar-refractivity contribution in [2.75, 3.05) is 40.3 Å². The van der Waals surface area contributed by atoms with Gasteiger partial charge in [-0.3, -0.25) is 14.6 Å². The molecule has 1 aromatic heterocycles. The maximum Gasteiger partial charge on any atom is 0.191 e. The van der Waals surface area contributed by atoms with E-state index >= 15 is 0 Å². The molecular formula is C22H35IN6O. The van der Waals surface area contributed by atoms with Crippen LogP contribution in [-0.4, -0.2) is 61.0 Å². The number of aliphatic imine (C=N–C) groups is 1. The van der Waals surface area contributed by atoms with E-state index in [0.717, 1.165) is 50.7 Å². The van der Waals surface area contributed by atoms with Crippen molar-refractivity contribution < 1.29 is 4.74 Å². The number of rotatable bonds is 9. The van der Waals surface area contributed by atoms with Crippen molar-refractivity contribution in [3.63, 3.8) is 0 Å². The lowest BCUT2D eigenvalue weighted by atomic mass is 10.1. The summed E-state index contributed by atoms with van der Waals surface area (Å²) in [5, 5.41) is 11.2. The summed E-state index contributed by atoms with van der Waals surface area (Å²) >= 11 is 0. The number of ether oxygens (including phenoxy) is 1. The highest BCUT2D eigenvalue weighted by Gasteiger charge is 2.24. The first-order chi connectivity index (χ1) is 14.2. The first-order valence-electron chi connectivity index (χ1n) is 10.5. The molecule has 1 saturated heterocycles. The molecule has 0 aliphatic carbocycles. The summed E-state index contributed by atoms with van der Waals surface area (Å²) in [5.41, 5.74) is 2.55. The van der Waals surface area contributed by atoms with Gasteiger partial charge in [0.05, 0.1) is 19.3 Å². The number of nitrogens with one attached hydrogen (secondary N) is 2. The number of aryl methyl sites for hydroxylation is 2. The number of benzene rings is 1. The zero-order valence-corrected chi connectivity index (χ0v) is 20.6. The van der Waals surface area contributed by atoms with Gasteiger partial charge in [-0.25, -0.2) is 0 Å². The Morgan fingerprint density at radius 3 is 2.73 bits per heavy atom. The highest BCUT2D eigenvalue weighted by Crippen LogP contribution is 2.27. The highest BCUT2D eigenvalue weighted by atomic mass is 127. The minimum Gasteiger partial charge on any atom is -0.497 e. The fraction of sp³-hybridized carbons (Fsp3) is 0.545. The third-order valence-corrected chi connectivity index (χ3v) is 5.44. The van der Waals surface area contributed by atoms with Crippen LogP contribution < -0.4 is 15.4 Å². The van der Waals surface area contributed by atoms with Crippen LogP contribution in [0.3, 0.4) is 0 Å². The van der Waals surface area contributed by atoms with E-state index in [4.69, 9.17) is 4.74 Å². The van der Waals surface area contributed by atoms with Crippen LogP contribution in [0.5, 0.6) is 5.75 Å². The van der Waals surface area contributed by atoms with Gasteiger partial charge in [-0.2, -0.15) is 5.10 Å². The normalized spacial score (nSPS) is 15.5. The molecule has 1 unspecified atom stereocenters. The second kappa shape index (κ2) is 12.8. The molecule has 0 radical (unpaired) electrons. The smallest absolute Gasteiger partial charge is 0.191 e. The van der Waals surface area contributed by atoms with Crippen LogP contribution in [0, 0.1) is 0 Å². The number of hydrogen-bond acceptors (Lipinski definition) is 4. The average molecular weight is 526 g/mol. The molecule has 3 rings (SSSR count). The van der Waals surface area contributed by atoms with E-state index in [-0.39, 0.29) is 24.0 Å².